The van der Waals surface area contributed by atoms with Crippen LogP contribution in [0.25, 0.3) is 0 Å². The number of carboxylic acids is 1. The molecule has 2 amide bonds. The first-order chi connectivity index (χ1) is 19.1. The van der Waals surface area contributed by atoms with E-state index in [1.54, 1.807) is 6.29 Å². The summed E-state index contributed by atoms with van der Waals surface area (Å²) in [5, 5.41) is 14.3. The first kappa shape index (κ1) is 37.0. The van der Waals surface area contributed by atoms with Crippen LogP contribution < -0.4 is 10.6 Å². The Morgan fingerprint density at radius 1 is 0.513 bits per heavy atom. The van der Waals surface area contributed by atoms with Crippen molar-refractivity contribution in [2.24, 2.45) is 0 Å². The number of hydrogen-bond donors (Lipinski definition) is 3. The smallest absolute Gasteiger partial charge is 0.303 e. The fraction of sp³-hybridized carbons (Fsp3) is 0.867. The van der Waals surface area contributed by atoms with Gasteiger partial charge in [-0.05, 0) is 25.7 Å². The molecule has 0 spiro atoms. The zero-order valence-corrected chi connectivity index (χ0v) is 24.3. The summed E-state index contributed by atoms with van der Waals surface area (Å²) >= 11 is 0. The molecule has 0 aromatic heterocycles. The highest BCUT2D eigenvalue weighted by Gasteiger charge is 2.02. The number of carbonyl (C=O) groups excluding carboxylic acids is 3. The third kappa shape index (κ3) is 32.1. The number of amides is 2. The average Bonchev–Trinajstić information content (AvgIpc) is 2.92. The largest absolute Gasteiger partial charge is 0.481 e. The summed E-state index contributed by atoms with van der Waals surface area (Å²) in [6.07, 6.45) is 20.9. The first-order valence-corrected chi connectivity index (χ1v) is 15.3. The molecule has 3 N–H and O–H groups in total. The molecule has 227 valence electrons. The van der Waals surface area contributed by atoms with Crippen molar-refractivity contribution in [3.63, 3.8) is 0 Å². The van der Waals surface area contributed by atoms with Gasteiger partial charge in [0.25, 0.3) is 0 Å². The summed E-state index contributed by atoms with van der Waals surface area (Å²) in [5.74, 6) is -0.702. The molecule has 0 aromatic rings. The van der Waals surface area contributed by atoms with E-state index in [9.17, 15) is 19.2 Å². The lowest BCUT2D eigenvalue weighted by Gasteiger charge is -2.08. The quantitative estimate of drug-likeness (QED) is 0.0996. The number of unbranched alkanes of at least 4 members (excludes halogenated alkanes) is 13. The van der Waals surface area contributed by atoms with Crippen LogP contribution in [0.1, 0.15) is 128 Å². The van der Waals surface area contributed by atoms with Gasteiger partial charge in [0.05, 0.1) is 13.2 Å². The van der Waals surface area contributed by atoms with Crippen LogP contribution in [0, 0.1) is 0 Å². The Bertz CT molecular complexity index is 602. The summed E-state index contributed by atoms with van der Waals surface area (Å²) in [4.78, 5) is 43.7. The SMILES string of the molecule is O=[C]CCC(=O)NCCCOCCOCCCNC(=O)CCCCCCCCCCCCCCCCC(=O)O. The second-order valence-corrected chi connectivity index (χ2v) is 10.1. The van der Waals surface area contributed by atoms with Crippen molar-refractivity contribution in [2.75, 3.05) is 39.5 Å². The second kappa shape index (κ2) is 30.5. The maximum Gasteiger partial charge on any atom is 0.303 e. The molecule has 0 bridgehead atoms. The van der Waals surface area contributed by atoms with Crippen LogP contribution in [0.2, 0.25) is 0 Å². The molecule has 0 aliphatic rings. The lowest BCUT2D eigenvalue weighted by Crippen LogP contribution is -2.25. The summed E-state index contributed by atoms with van der Waals surface area (Å²) in [6, 6.07) is 0. The van der Waals surface area contributed by atoms with E-state index < -0.39 is 5.97 Å². The number of carbonyl (C=O) groups is 3. The van der Waals surface area contributed by atoms with Crippen LogP contribution in [0.5, 0.6) is 0 Å². The maximum absolute atomic E-state index is 11.9. The molecule has 0 atom stereocenters. The van der Waals surface area contributed by atoms with Crippen molar-refractivity contribution in [3.05, 3.63) is 0 Å². The number of carboxylic acid groups (broad SMARTS) is 1. The van der Waals surface area contributed by atoms with E-state index in [1.807, 2.05) is 0 Å². The highest BCUT2D eigenvalue weighted by atomic mass is 16.5. The summed E-state index contributed by atoms with van der Waals surface area (Å²) in [6.45, 7) is 3.29. The molecule has 0 saturated heterocycles. The van der Waals surface area contributed by atoms with E-state index in [2.05, 4.69) is 10.6 Å². The van der Waals surface area contributed by atoms with E-state index in [-0.39, 0.29) is 24.7 Å². The van der Waals surface area contributed by atoms with Crippen LogP contribution in [-0.2, 0) is 28.7 Å². The van der Waals surface area contributed by atoms with Crippen LogP contribution in [0.15, 0.2) is 0 Å². The van der Waals surface area contributed by atoms with Gasteiger partial charge in [-0.3, -0.25) is 19.2 Å². The normalized spacial score (nSPS) is 10.9. The predicted molar refractivity (Wildman–Crippen MR) is 153 cm³/mol. The minimum Gasteiger partial charge on any atom is -0.481 e. The molecule has 0 unspecified atom stereocenters. The van der Waals surface area contributed by atoms with Gasteiger partial charge >= 0.3 is 5.97 Å². The summed E-state index contributed by atoms with van der Waals surface area (Å²) < 4.78 is 10.9. The molecule has 0 saturated carbocycles. The standard InChI is InChI=1S/C30H55N2O7/c33-23-15-19-29(35)32-22-17-25-39-27-26-38-24-16-21-31-28(34)18-13-11-9-7-5-3-1-2-4-6-8-10-12-14-20-30(36)37/h1-22,24-27H2,(H,31,34)(H,32,35)(H,36,37). The van der Waals surface area contributed by atoms with E-state index in [1.165, 1.54) is 57.8 Å². The van der Waals surface area contributed by atoms with Crippen molar-refractivity contribution in [1.29, 1.82) is 0 Å². The van der Waals surface area contributed by atoms with E-state index >= 15 is 0 Å². The van der Waals surface area contributed by atoms with E-state index in [0.29, 0.717) is 58.8 Å². The number of hydrogen-bond acceptors (Lipinski definition) is 6. The molecular formula is C30H55N2O7. The Labute approximate surface area is 236 Å². The Morgan fingerprint density at radius 3 is 1.31 bits per heavy atom. The maximum atomic E-state index is 11.9. The molecule has 9 nitrogen and oxygen atoms in total. The minimum atomic E-state index is -0.684. The van der Waals surface area contributed by atoms with Gasteiger partial charge in [0, 0.05) is 52.0 Å². The average molecular weight is 556 g/mol. The fourth-order valence-corrected chi connectivity index (χ4v) is 4.15. The molecule has 39 heavy (non-hydrogen) atoms. The molecule has 0 aliphatic carbocycles. The van der Waals surface area contributed by atoms with Crippen molar-refractivity contribution in [2.45, 2.75) is 128 Å². The minimum absolute atomic E-state index is 0.122. The van der Waals surface area contributed by atoms with Gasteiger partial charge in [0.15, 0.2) is 6.29 Å². The van der Waals surface area contributed by atoms with Gasteiger partial charge < -0.3 is 25.2 Å². The molecule has 9 heteroatoms. The topological polar surface area (TPSA) is 131 Å². The number of nitrogens with one attached hydrogen (secondary N) is 2. The molecule has 0 fully saturated rings. The zero-order chi connectivity index (χ0) is 28.7. The van der Waals surface area contributed by atoms with Crippen LogP contribution in [-0.4, -0.2) is 68.7 Å². The predicted octanol–water partition coefficient (Wildman–Crippen LogP) is 5.25. The Kier molecular flexibility index (Phi) is 29.0. The molecule has 0 aliphatic heterocycles. The Morgan fingerprint density at radius 2 is 0.897 bits per heavy atom. The number of rotatable bonds is 31. The second-order valence-electron chi connectivity index (χ2n) is 10.1. The molecule has 0 aromatic carbocycles. The summed E-state index contributed by atoms with van der Waals surface area (Å²) in [7, 11) is 0. The molecule has 0 rings (SSSR count). The molecular weight excluding hydrogens is 500 g/mol. The van der Waals surface area contributed by atoms with Crippen LogP contribution >= 0.6 is 0 Å². The van der Waals surface area contributed by atoms with Gasteiger partial charge in [0.2, 0.25) is 11.8 Å². The Hall–Kier alpha value is -2.00. The number of ether oxygens (including phenoxy) is 2. The lowest BCUT2D eigenvalue weighted by molar-refractivity contribution is -0.137. The van der Waals surface area contributed by atoms with E-state index in [4.69, 9.17) is 14.6 Å². The van der Waals surface area contributed by atoms with Crippen LogP contribution in [0.3, 0.4) is 0 Å². The molecule has 0 heterocycles. The van der Waals surface area contributed by atoms with Gasteiger partial charge in [-0.2, -0.15) is 0 Å². The fourth-order valence-electron chi connectivity index (χ4n) is 4.15. The van der Waals surface area contributed by atoms with Crippen LogP contribution in [0.4, 0.5) is 0 Å². The van der Waals surface area contributed by atoms with Crippen molar-refractivity contribution >= 4 is 24.1 Å². The third-order valence-corrected chi connectivity index (χ3v) is 6.45. The monoisotopic (exact) mass is 555 g/mol. The van der Waals surface area contributed by atoms with Gasteiger partial charge in [-0.1, -0.05) is 77.0 Å². The van der Waals surface area contributed by atoms with E-state index in [0.717, 1.165) is 38.5 Å². The van der Waals surface area contributed by atoms with Gasteiger partial charge in [-0.25, -0.2) is 0 Å². The van der Waals surface area contributed by atoms with Crippen molar-refractivity contribution in [3.8, 4) is 0 Å². The Balaban J connectivity index is 3.20. The van der Waals surface area contributed by atoms with Gasteiger partial charge in [-0.15, -0.1) is 0 Å². The van der Waals surface area contributed by atoms with Crippen molar-refractivity contribution in [1.82, 2.24) is 10.6 Å². The number of aliphatic carboxylic acids is 1. The highest BCUT2D eigenvalue weighted by molar-refractivity contribution is 5.78. The first-order valence-electron chi connectivity index (χ1n) is 15.3. The van der Waals surface area contributed by atoms with Gasteiger partial charge in [0.1, 0.15) is 0 Å². The molecule has 1 radical (unpaired) electrons. The highest BCUT2D eigenvalue weighted by Crippen LogP contribution is 2.13. The third-order valence-electron chi connectivity index (χ3n) is 6.45. The lowest BCUT2D eigenvalue weighted by atomic mass is 10.0. The zero-order valence-electron chi connectivity index (χ0n) is 24.3. The summed E-state index contributed by atoms with van der Waals surface area (Å²) in [5.41, 5.74) is 0. The van der Waals surface area contributed by atoms with Crippen molar-refractivity contribution < 1.29 is 33.8 Å².